The Balaban J connectivity index is 2.18. The van der Waals surface area contributed by atoms with Crippen LogP contribution in [0.5, 0.6) is 0 Å². The molecule has 0 spiro atoms. The molecule has 0 aromatic carbocycles. The molecule has 0 saturated carbocycles. The van der Waals surface area contributed by atoms with Gasteiger partial charge in [-0.15, -0.1) is 0 Å². The van der Waals surface area contributed by atoms with Gasteiger partial charge in [-0.1, -0.05) is 12.2 Å². The van der Waals surface area contributed by atoms with E-state index in [-0.39, 0.29) is 0 Å². The molecule has 0 amide bonds. The van der Waals surface area contributed by atoms with E-state index in [9.17, 15) is 0 Å². The van der Waals surface area contributed by atoms with Gasteiger partial charge in [0.05, 0.1) is 7.39 Å². The van der Waals surface area contributed by atoms with Crippen molar-refractivity contribution in [3.8, 4) is 0 Å². The molecule has 2 heteroatoms. The number of nitrogens with zero attached hydrogens (tertiary/aromatic N) is 2. The van der Waals surface area contributed by atoms with Crippen LogP contribution in [0.15, 0.2) is 41.3 Å². The van der Waals surface area contributed by atoms with Crippen molar-refractivity contribution < 1.29 is 4.11 Å². The zero-order valence-corrected chi connectivity index (χ0v) is 7.14. The van der Waals surface area contributed by atoms with Gasteiger partial charge in [-0.25, -0.2) is 0 Å². The van der Waals surface area contributed by atoms with Gasteiger partial charge in [0.1, 0.15) is 0 Å². The lowest BCUT2D eigenvalue weighted by molar-refractivity contribution is 0.472. The summed E-state index contributed by atoms with van der Waals surface area (Å²) in [5.74, 6) is -1.02. The Kier molecular flexibility index (Phi) is 0.955. The Morgan fingerprint density at radius 2 is 2.69 bits per heavy atom. The molecule has 1 aliphatic carbocycles. The summed E-state index contributed by atoms with van der Waals surface area (Å²) in [6.45, 7) is 0. The van der Waals surface area contributed by atoms with E-state index in [1.54, 1.807) is 17.3 Å². The second-order valence-electron chi connectivity index (χ2n) is 3.22. The molecule has 0 aromatic heterocycles. The van der Waals surface area contributed by atoms with E-state index in [2.05, 4.69) is 4.99 Å². The minimum Gasteiger partial charge on any atom is -0.341 e. The van der Waals surface area contributed by atoms with Crippen LogP contribution in [-0.4, -0.2) is 17.1 Å². The monoisotopic (exact) mass is 175 g/mol. The van der Waals surface area contributed by atoms with E-state index >= 15 is 0 Å². The highest BCUT2D eigenvalue weighted by atomic mass is 15.2. The van der Waals surface area contributed by atoms with Crippen LogP contribution in [0.1, 0.15) is 16.9 Å². The molecule has 0 radical (unpaired) electrons. The average Bonchev–Trinajstić information content (AvgIpc) is 2.47. The third-order valence-corrected chi connectivity index (χ3v) is 2.43. The van der Waals surface area contributed by atoms with Crippen molar-refractivity contribution in [2.75, 3.05) is 0 Å². The molecule has 13 heavy (non-hydrogen) atoms. The topological polar surface area (TPSA) is 15.6 Å². The summed E-state index contributed by atoms with van der Waals surface area (Å²) < 4.78 is 24.9. The zero-order chi connectivity index (χ0) is 11.4. The number of allylic oxidation sites excluding steroid dienone is 4. The van der Waals surface area contributed by atoms with Gasteiger partial charge in [-0.3, -0.25) is 4.99 Å². The standard InChI is InChI=1S/C11H12N2/c1-2-4-11-9(3-1)7-10-8-12-5-6-13(10)11/h1-2,4-6,8-10H,3,7H2/i7D,9D,10D. The Bertz CT molecular complexity index is 454. The summed E-state index contributed by atoms with van der Waals surface area (Å²) in [7, 11) is 0. The maximum Gasteiger partial charge on any atom is 0.0691 e. The minimum absolute atomic E-state index is 0.492. The minimum atomic E-state index is -1.23. The van der Waals surface area contributed by atoms with Gasteiger partial charge in [0, 0.05) is 32.9 Å². The molecule has 3 unspecified atom stereocenters. The lowest BCUT2D eigenvalue weighted by Gasteiger charge is -2.23. The number of aliphatic imine (C=N–C) groups is 1. The van der Waals surface area contributed by atoms with Crippen LogP contribution in [0.3, 0.4) is 0 Å². The first-order chi connectivity index (χ1) is 7.59. The molecule has 3 aliphatic rings. The third kappa shape index (κ3) is 0.981. The van der Waals surface area contributed by atoms with Crippen molar-refractivity contribution in [2.24, 2.45) is 10.9 Å². The summed E-state index contributed by atoms with van der Waals surface area (Å²) in [6.07, 6.45) is 10.0. The summed E-state index contributed by atoms with van der Waals surface area (Å²) in [4.78, 5) is 5.63. The summed E-state index contributed by atoms with van der Waals surface area (Å²) in [5, 5.41) is 0. The van der Waals surface area contributed by atoms with Crippen LogP contribution in [0, 0.1) is 5.89 Å². The molecule has 3 atom stereocenters. The number of fused-ring (bicyclic) bond motifs is 3. The summed E-state index contributed by atoms with van der Waals surface area (Å²) in [5.41, 5.74) is 0.729. The third-order valence-electron chi connectivity index (χ3n) is 2.43. The maximum atomic E-state index is 8.40. The van der Waals surface area contributed by atoms with E-state index in [1.807, 2.05) is 18.2 Å². The highest BCUT2D eigenvalue weighted by molar-refractivity contribution is 5.68. The van der Waals surface area contributed by atoms with Crippen LogP contribution in [0.4, 0.5) is 0 Å². The van der Waals surface area contributed by atoms with Gasteiger partial charge in [-0.2, -0.15) is 0 Å². The average molecular weight is 175 g/mol. The van der Waals surface area contributed by atoms with Gasteiger partial charge in [0.15, 0.2) is 0 Å². The molecular weight excluding hydrogens is 160 g/mol. The van der Waals surface area contributed by atoms with E-state index in [4.69, 9.17) is 4.11 Å². The Labute approximate surface area is 82.2 Å². The van der Waals surface area contributed by atoms with Crippen molar-refractivity contribution >= 4 is 6.21 Å². The second-order valence-corrected chi connectivity index (χ2v) is 3.22. The normalized spacial score (nSPS) is 54.8. The van der Waals surface area contributed by atoms with Crippen LogP contribution >= 0.6 is 0 Å². The smallest absolute Gasteiger partial charge is 0.0691 e. The first-order valence-corrected chi connectivity index (χ1v) is 4.39. The maximum absolute atomic E-state index is 8.40. The van der Waals surface area contributed by atoms with Crippen molar-refractivity contribution in [2.45, 2.75) is 18.8 Å². The highest BCUT2D eigenvalue weighted by Gasteiger charge is 2.34. The van der Waals surface area contributed by atoms with Crippen LogP contribution in [0.2, 0.25) is 0 Å². The highest BCUT2D eigenvalue weighted by Crippen LogP contribution is 2.38. The Morgan fingerprint density at radius 3 is 3.69 bits per heavy atom. The van der Waals surface area contributed by atoms with Gasteiger partial charge in [-0.05, 0) is 18.9 Å². The predicted octanol–water partition coefficient (Wildman–Crippen LogP) is 2.08. The van der Waals surface area contributed by atoms with Crippen LogP contribution in [-0.2, 0) is 0 Å². The van der Waals surface area contributed by atoms with Crippen LogP contribution in [0.25, 0.3) is 0 Å². The zero-order valence-electron chi connectivity index (χ0n) is 10.1. The first-order valence-electron chi connectivity index (χ1n) is 5.97. The van der Waals surface area contributed by atoms with Crippen molar-refractivity contribution in [3.63, 3.8) is 0 Å². The quantitative estimate of drug-likeness (QED) is 0.550. The Morgan fingerprint density at radius 1 is 1.69 bits per heavy atom. The van der Waals surface area contributed by atoms with E-state index < -0.39 is 18.3 Å². The van der Waals surface area contributed by atoms with Crippen LogP contribution < -0.4 is 0 Å². The van der Waals surface area contributed by atoms with Crippen molar-refractivity contribution in [1.82, 2.24) is 4.90 Å². The van der Waals surface area contributed by atoms with Crippen molar-refractivity contribution in [1.29, 1.82) is 0 Å². The molecule has 2 aliphatic heterocycles. The van der Waals surface area contributed by atoms with Gasteiger partial charge in [0.2, 0.25) is 0 Å². The van der Waals surface area contributed by atoms with Gasteiger partial charge < -0.3 is 4.90 Å². The summed E-state index contributed by atoms with van der Waals surface area (Å²) in [6, 6.07) is -1.23. The number of hydrogen-bond acceptors (Lipinski definition) is 2. The fourth-order valence-corrected chi connectivity index (χ4v) is 1.81. The molecule has 1 saturated heterocycles. The predicted molar refractivity (Wildman–Crippen MR) is 53.2 cm³/mol. The summed E-state index contributed by atoms with van der Waals surface area (Å²) >= 11 is 0. The molecule has 0 aromatic rings. The number of rotatable bonds is 0. The SMILES string of the molecule is [2H]C1C2([2H])CC=CC=C2N2C=CN=CC12[2H]. The second kappa shape index (κ2) is 2.59. The molecule has 66 valence electrons. The van der Waals surface area contributed by atoms with Gasteiger partial charge >= 0.3 is 0 Å². The van der Waals surface area contributed by atoms with Crippen molar-refractivity contribution in [3.05, 3.63) is 36.3 Å². The molecule has 1 fully saturated rings. The van der Waals surface area contributed by atoms with Gasteiger partial charge in [0.25, 0.3) is 0 Å². The van der Waals surface area contributed by atoms with E-state index in [0.717, 1.165) is 5.70 Å². The molecule has 2 heterocycles. The molecule has 2 nitrogen and oxygen atoms in total. The Hall–Kier alpha value is -1.31. The molecule has 0 N–H and O–H groups in total. The lowest BCUT2D eigenvalue weighted by atomic mass is 9.96. The lowest BCUT2D eigenvalue weighted by Crippen LogP contribution is -2.25. The molecular formula is C11H12N2. The largest absolute Gasteiger partial charge is 0.341 e. The number of hydrogen-bond donors (Lipinski definition) is 0. The molecule has 3 rings (SSSR count). The first kappa shape index (κ1) is 4.80. The van der Waals surface area contributed by atoms with E-state index in [1.165, 1.54) is 6.21 Å². The molecule has 0 bridgehead atoms. The fourth-order valence-electron chi connectivity index (χ4n) is 1.81. The fraction of sp³-hybridized carbons (Fsp3) is 0.364. The van der Waals surface area contributed by atoms with E-state index in [0.29, 0.717) is 6.42 Å².